The van der Waals surface area contributed by atoms with Crippen LogP contribution >= 0.6 is 22.9 Å². The van der Waals surface area contributed by atoms with Crippen LogP contribution in [0.15, 0.2) is 47.8 Å². The van der Waals surface area contributed by atoms with Gasteiger partial charge in [-0.25, -0.2) is 4.98 Å². The molecule has 0 fully saturated rings. The highest BCUT2D eigenvalue weighted by Gasteiger charge is 2.13. The van der Waals surface area contributed by atoms with Gasteiger partial charge in [0.2, 0.25) is 0 Å². The first kappa shape index (κ1) is 21.0. The van der Waals surface area contributed by atoms with Gasteiger partial charge >= 0.3 is 12.6 Å². The average Bonchev–Trinajstić information content (AvgIpc) is 3.15. The zero-order chi connectivity index (χ0) is 20.8. The molecule has 1 aromatic heterocycles. The number of halogens is 3. The molecule has 0 aliphatic rings. The van der Waals surface area contributed by atoms with Crippen molar-refractivity contribution in [2.45, 2.75) is 19.6 Å². The minimum atomic E-state index is -2.96. The minimum Gasteiger partial charge on any atom is -0.493 e. The summed E-state index contributed by atoms with van der Waals surface area (Å²) < 4.78 is 39.4. The van der Waals surface area contributed by atoms with Gasteiger partial charge in [0, 0.05) is 16.0 Å². The van der Waals surface area contributed by atoms with Crippen molar-refractivity contribution in [2.75, 3.05) is 7.11 Å². The van der Waals surface area contributed by atoms with E-state index in [1.54, 1.807) is 17.5 Å². The van der Waals surface area contributed by atoms with Gasteiger partial charge in [-0.15, -0.1) is 11.3 Å². The molecule has 0 aliphatic carbocycles. The Hall–Kier alpha value is -2.71. The SMILES string of the molecule is COc1cc(COC(=O)Cc2csc(-c3cccc(Cl)c3)n2)ccc1OC(F)F. The summed E-state index contributed by atoms with van der Waals surface area (Å²) in [5.41, 5.74) is 2.04. The summed E-state index contributed by atoms with van der Waals surface area (Å²) in [7, 11) is 1.34. The first-order valence-corrected chi connectivity index (χ1v) is 9.68. The third-order valence-electron chi connectivity index (χ3n) is 3.79. The standard InChI is InChI=1S/C20H16ClF2NO4S/c1-26-17-7-12(5-6-16(17)28-20(22)23)10-27-18(25)9-15-11-29-19(24-15)13-3-2-4-14(21)8-13/h2-8,11,20H,9-10H2,1H3. The third kappa shape index (κ3) is 5.88. The van der Waals surface area contributed by atoms with E-state index in [1.807, 2.05) is 12.1 Å². The second kappa shape index (κ2) is 9.67. The molecule has 0 amide bonds. The predicted molar refractivity (Wildman–Crippen MR) is 106 cm³/mol. The molecule has 3 aromatic rings. The normalized spacial score (nSPS) is 10.8. The largest absolute Gasteiger partial charge is 0.493 e. The van der Waals surface area contributed by atoms with Gasteiger partial charge < -0.3 is 14.2 Å². The van der Waals surface area contributed by atoms with Gasteiger partial charge in [-0.05, 0) is 29.8 Å². The van der Waals surface area contributed by atoms with E-state index >= 15 is 0 Å². The second-order valence-electron chi connectivity index (χ2n) is 5.86. The Kier molecular flexibility index (Phi) is 7.00. The van der Waals surface area contributed by atoms with Crippen molar-refractivity contribution < 1.29 is 27.8 Å². The van der Waals surface area contributed by atoms with Crippen LogP contribution in [0, 0.1) is 0 Å². The number of rotatable bonds is 8. The topological polar surface area (TPSA) is 57.7 Å². The van der Waals surface area contributed by atoms with E-state index in [0.717, 1.165) is 10.6 Å². The van der Waals surface area contributed by atoms with Crippen LogP contribution in [0.25, 0.3) is 10.6 Å². The molecule has 0 radical (unpaired) electrons. The molecule has 0 spiro atoms. The molecule has 0 saturated heterocycles. The number of benzene rings is 2. The Bertz CT molecular complexity index is 996. The summed E-state index contributed by atoms with van der Waals surface area (Å²) in [5.74, 6) is -0.419. The Morgan fingerprint density at radius 1 is 1.21 bits per heavy atom. The summed E-state index contributed by atoms with van der Waals surface area (Å²) in [6, 6.07) is 11.6. The first-order valence-electron chi connectivity index (χ1n) is 8.42. The molecule has 0 N–H and O–H groups in total. The van der Waals surface area contributed by atoms with E-state index < -0.39 is 12.6 Å². The maximum atomic E-state index is 12.4. The Labute approximate surface area is 174 Å². The van der Waals surface area contributed by atoms with Crippen LogP contribution in [-0.4, -0.2) is 24.7 Å². The van der Waals surface area contributed by atoms with E-state index in [9.17, 15) is 13.6 Å². The van der Waals surface area contributed by atoms with Gasteiger partial charge in [-0.3, -0.25) is 4.79 Å². The number of alkyl halides is 2. The van der Waals surface area contributed by atoms with E-state index in [2.05, 4.69) is 9.72 Å². The molecule has 9 heteroatoms. The van der Waals surface area contributed by atoms with Crippen molar-refractivity contribution in [3.05, 3.63) is 64.1 Å². The lowest BCUT2D eigenvalue weighted by molar-refractivity contribution is -0.144. The zero-order valence-electron chi connectivity index (χ0n) is 15.2. The molecule has 2 aromatic carbocycles. The van der Waals surface area contributed by atoms with Crippen LogP contribution < -0.4 is 9.47 Å². The third-order valence-corrected chi connectivity index (χ3v) is 4.97. The lowest BCUT2D eigenvalue weighted by atomic mass is 10.2. The maximum Gasteiger partial charge on any atom is 0.387 e. The summed E-state index contributed by atoms with van der Waals surface area (Å²) in [4.78, 5) is 16.6. The van der Waals surface area contributed by atoms with E-state index in [4.69, 9.17) is 21.1 Å². The summed E-state index contributed by atoms with van der Waals surface area (Å²) in [6.07, 6.45) is 0.0147. The number of carbonyl (C=O) groups excluding carboxylic acids is 1. The number of hydrogen-bond acceptors (Lipinski definition) is 6. The van der Waals surface area contributed by atoms with Gasteiger partial charge in [-0.2, -0.15) is 8.78 Å². The molecule has 3 rings (SSSR count). The smallest absolute Gasteiger partial charge is 0.387 e. The molecule has 1 heterocycles. The molecular formula is C20H16ClF2NO4S. The summed E-state index contributed by atoms with van der Waals surface area (Å²) in [6.45, 7) is -2.99. The molecule has 0 unspecified atom stereocenters. The molecule has 29 heavy (non-hydrogen) atoms. The second-order valence-corrected chi connectivity index (χ2v) is 7.15. The fourth-order valence-electron chi connectivity index (χ4n) is 2.50. The lowest BCUT2D eigenvalue weighted by Gasteiger charge is -2.11. The van der Waals surface area contributed by atoms with Crippen molar-refractivity contribution in [2.24, 2.45) is 0 Å². The number of esters is 1. The number of hydrogen-bond donors (Lipinski definition) is 0. The van der Waals surface area contributed by atoms with Crippen molar-refractivity contribution in [1.82, 2.24) is 4.98 Å². The molecule has 0 bridgehead atoms. The van der Waals surface area contributed by atoms with Crippen LogP contribution in [0.1, 0.15) is 11.3 Å². The van der Waals surface area contributed by atoms with Gasteiger partial charge in [0.05, 0.1) is 19.2 Å². The molecule has 152 valence electrons. The lowest BCUT2D eigenvalue weighted by Crippen LogP contribution is -2.09. The number of methoxy groups -OCH3 is 1. The van der Waals surface area contributed by atoms with Crippen LogP contribution in [0.3, 0.4) is 0 Å². The Balaban J connectivity index is 1.58. The monoisotopic (exact) mass is 439 g/mol. The molecular weight excluding hydrogens is 424 g/mol. The van der Waals surface area contributed by atoms with Crippen molar-refractivity contribution in [3.63, 3.8) is 0 Å². The fraction of sp³-hybridized carbons (Fsp3) is 0.200. The molecule has 0 saturated carbocycles. The first-order chi connectivity index (χ1) is 13.9. The van der Waals surface area contributed by atoms with Gasteiger partial charge in [-0.1, -0.05) is 29.8 Å². The van der Waals surface area contributed by atoms with Crippen LogP contribution in [0.4, 0.5) is 8.78 Å². The quantitative estimate of drug-likeness (QED) is 0.442. The predicted octanol–water partition coefficient (Wildman–Crippen LogP) is 5.36. The zero-order valence-corrected chi connectivity index (χ0v) is 16.8. The van der Waals surface area contributed by atoms with Gasteiger partial charge in [0.25, 0.3) is 0 Å². The highest BCUT2D eigenvalue weighted by Crippen LogP contribution is 2.30. The number of nitrogens with zero attached hydrogens (tertiary/aromatic N) is 1. The van der Waals surface area contributed by atoms with Gasteiger partial charge in [0.1, 0.15) is 11.6 Å². The maximum absolute atomic E-state index is 12.4. The van der Waals surface area contributed by atoms with Crippen LogP contribution in [0.5, 0.6) is 11.5 Å². The van der Waals surface area contributed by atoms with Crippen molar-refractivity contribution in [3.8, 4) is 22.1 Å². The van der Waals surface area contributed by atoms with Crippen molar-refractivity contribution >= 4 is 28.9 Å². The fourth-order valence-corrected chi connectivity index (χ4v) is 3.51. The number of ether oxygens (including phenoxy) is 3. The minimum absolute atomic E-state index is 0.0147. The molecule has 0 atom stereocenters. The van der Waals surface area contributed by atoms with Crippen molar-refractivity contribution in [1.29, 1.82) is 0 Å². The summed E-state index contributed by atoms with van der Waals surface area (Å²) in [5, 5.41) is 3.16. The summed E-state index contributed by atoms with van der Waals surface area (Å²) >= 11 is 7.40. The van der Waals surface area contributed by atoms with Gasteiger partial charge in [0.15, 0.2) is 11.5 Å². The van der Waals surface area contributed by atoms with E-state index in [0.29, 0.717) is 16.3 Å². The molecule has 5 nitrogen and oxygen atoms in total. The highest BCUT2D eigenvalue weighted by atomic mass is 35.5. The van der Waals surface area contributed by atoms with Crippen LogP contribution in [0.2, 0.25) is 5.02 Å². The molecule has 0 aliphatic heterocycles. The Morgan fingerprint density at radius 2 is 2.03 bits per heavy atom. The number of carbonyl (C=O) groups is 1. The number of thiazole rings is 1. The van der Waals surface area contributed by atoms with Crippen LogP contribution in [-0.2, 0) is 22.6 Å². The Morgan fingerprint density at radius 3 is 2.76 bits per heavy atom. The number of aromatic nitrogens is 1. The van der Waals surface area contributed by atoms with E-state index in [-0.39, 0.29) is 24.5 Å². The highest BCUT2D eigenvalue weighted by molar-refractivity contribution is 7.13. The van der Waals surface area contributed by atoms with E-state index in [1.165, 1.54) is 36.6 Å². The average molecular weight is 440 g/mol.